The average molecular weight is 346 g/mol. The molecule has 24 heavy (non-hydrogen) atoms. The lowest BCUT2D eigenvalue weighted by Crippen LogP contribution is -2.40. The fourth-order valence-corrected chi connectivity index (χ4v) is 3.31. The Bertz CT molecular complexity index is 678. The van der Waals surface area contributed by atoms with E-state index in [1.165, 1.54) is 0 Å². The van der Waals surface area contributed by atoms with Gasteiger partial charge in [-0.15, -0.1) is 11.3 Å². The van der Waals surface area contributed by atoms with Gasteiger partial charge in [0.25, 0.3) is 5.91 Å². The number of aryl methyl sites for hydroxylation is 1. The second-order valence-corrected chi connectivity index (χ2v) is 7.05. The quantitative estimate of drug-likeness (QED) is 0.871. The molecule has 1 aliphatic heterocycles. The summed E-state index contributed by atoms with van der Waals surface area (Å²) in [5.41, 5.74) is 1.54. The summed E-state index contributed by atoms with van der Waals surface area (Å²) < 4.78 is 11.3. The SMILES string of the molecule is Cc1nc(COc2ccc(C(=O)N[C@@H](C)[C@H]3CCCO3)cc2)cs1. The molecule has 0 bridgehead atoms. The van der Waals surface area contributed by atoms with Gasteiger partial charge in [-0.25, -0.2) is 4.98 Å². The Morgan fingerprint density at radius 1 is 1.46 bits per heavy atom. The summed E-state index contributed by atoms with van der Waals surface area (Å²) in [6.07, 6.45) is 2.19. The largest absolute Gasteiger partial charge is 0.487 e. The molecule has 1 aromatic heterocycles. The molecule has 1 amide bonds. The molecule has 3 rings (SSSR count). The predicted molar refractivity (Wildman–Crippen MR) is 93.5 cm³/mol. The van der Waals surface area contributed by atoms with Crippen molar-refractivity contribution >= 4 is 17.2 Å². The standard InChI is InChI=1S/C18H22N2O3S/c1-12(17-4-3-9-22-17)19-18(21)14-5-7-16(8-6-14)23-10-15-11-24-13(2)20-15/h5-8,11-12,17H,3-4,9-10H2,1-2H3,(H,19,21)/t12-,17+/m0/s1. The summed E-state index contributed by atoms with van der Waals surface area (Å²) in [5, 5.41) is 6.02. The van der Waals surface area contributed by atoms with Crippen LogP contribution >= 0.6 is 11.3 Å². The molecule has 2 atom stereocenters. The molecule has 5 nitrogen and oxygen atoms in total. The Labute approximate surface area is 146 Å². The van der Waals surface area contributed by atoms with Crippen LogP contribution in [-0.2, 0) is 11.3 Å². The minimum atomic E-state index is -0.0836. The summed E-state index contributed by atoms with van der Waals surface area (Å²) in [6.45, 7) is 5.18. The van der Waals surface area contributed by atoms with Gasteiger partial charge in [0.15, 0.2) is 0 Å². The van der Waals surface area contributed by atoms with Gasteiger partial charge in [-0.1, -0.05) is 0 Å². The smallest absolute Gasteiger partial charge is 0.251 e. The number of hydrogen-bond acceptors (Lipinski definition) is 5. The van der Waals surface area contributed by atoms with Crippen molar-refractivity contribution < 1.29 is 14.3 Å². The molecule has 2 heterocycles. The highest BCUT2D eigenvalue weighted by Gasteiger charge is 2.23. The number of thiazole rings is 1. The Kier molecular flexibility index (Phi) is 5.48. The van der Waals surface area contributed by atoms with Gasteiger partial charge in [0, 0.05) is 17.6 Å². The van der Waals surface area contributed by atoms with Crippen LogP contribution < -0.4 is 10.1 Å². The summed E-state index contributed by atoms with van der Waals surface area (Å²) in [7, 11) is 0. The van der Waals surface area contributed by atoms with Crippen molar-refractivity contribution in [2.75, 3.05) is 6.61 Å². The van der Waals surface area contributed by atoms with E-state index in [0.29, 0.717) is 12.2 Å². The lowest BCUT2D eigenvalue weighted by molar-refractivity contribution is 0.0712. The first kappa shape index (κ1) is 16.9. The van der Waals surface area contributed by atoms with E-state index in [1.807, 2.05) is 31.4 Å². The van der Waals surface area contributed by atoms with Gasteiger partial charge in [-0.3, -0.25) is 4.79 Å². The van der Waals surface area contributed by atoms with E-state index in [-0.39, 0.29) is 18.1 Å². The van der Waals surface area contributed by atoms with E-state index in [1.54, 1.807) is 23.5 Å². The number of benzene rings is 1. The molecular formula is C18H22N2O3S. The van der Waals surface area contributed by atoms with Crippen LogP contribution in [0.1, 0.15) is 40.8 Å². The van der Waals surface area contributed by atoms with Gasteiger partial charge in [-0.2, -0.15) is 0 Å². The molecular weight excluding hydrogens is 324 g/mol. The van der Waals surface area contributed by atoms with Gasteiger partial charge in [-0.05, 0) is 51.0 Å². The van der Waals surface area contributed by atoms with E-state index >= 15 is 0 Å². The van der Waals surface area contributed by atoms with E-state index in [0.717, 1.165) is 35.9 Å². The summed E-state index contributed by atoms with van der Waals surface area (Å²) in [4.78, 5) is 16.6. The summed E-state index contributed by atoms with van der Waals surface area (Å²) >= 11 is 1.61. The first-order valence-corrected chi connectivity index (χ1v) is 9.06. The topological polar surface area (TPSA) is 60.5 Å². The molecule has 0 unspecified atom stereocenters. The second-order valence-electron chi connectivity index (χ2n) is 5.98. The van der Waals surface area contributed by atoms with Gasteiger partial charge >= 0.3 is 0 Å². The fourth-order valence-electron chi connectivity index (χ4n) is 2.71. The fraction of sp³-hybridized carbons (Fsp3) is 0.444. The van der Waals surface area contributed by atoms with Crippen LogP contribution in [0.2, 0.25) is 0 Å². The van der Waals surface area contributed by atoms with Gasteiger partial charge < -0.3 is 14.8 Å². The van der Waals surface area contributed by atoms with E-state index in [2.05, 4.69) is 10.3 Å². The molecule has 128 valence electrons. The molecule has 6 heteroatoms. The molecule has 1 fully saturated rings. The van der Waals surface area contributed by atoms with Crippen LogP contribution in [0.4, 0.5) is 0 Å². The lowest BCUT2D eigenvalue weighted by atomic mass is 10.1. The first-order valence-electron chi connectivity index (χ1n) is 8.18. The number of carbonyl (C=O) groups is 1. The maximum absolute atomic E-state index is 12.3. The van der Waals surface area contributed by atoms with Gasteiger partial charge in [0.1, 0.15) is 12.4 Å². The number of rotatable bonds is 6. The maximum atomic E-state index is 12.3. The molecule has 1 N–H and O–H groups in total. The Morgan fingerprint density at radius 2 is 2.25 bits per heavy atom. The zero-order valence-corrected chi connectivity index (χ0v) is 14.8. The average Bonchev–Trinajstić information content (AvgIpc) is 3.25. The Morgan fingerprint density at radius 3 is 2.88 bits per heavy atom. The zero-order chi connectivity index (χ0) is 16.9. The third-order valence-corrected chi connectivity index (χ3v) is 4.87. The monoisotopic (exact) mass is 346 g/mol. The van der Waals surface area contributed by atoms with Crippen molar-refractivity contribution in [2.45, 2.75) is 45.4 Å². The van der Waals surface area contributed by atoms with Crippen molar-refractivity contribution in [1.82, 2.24) is 10.3 Å². The van der Waals surface area contributed by atoms with Crippen molar-refractivity contribution in [3.05, 3.63) is 45.9 Å². The van der Waals surface area contributed by atoms with Crippen molar-refractivity contribution in [3.63, 3.8) is 0 Å². The maximum Gasteiger partial charge on any atom is 0.251 e. The third kappa shape index (κ3) is 4.33. The van der Waals surface area contributed by atoms with Crippen molar-refractivity contribution in [3.8, 4) is 5.75 Å². The summed E-state index contributed by atoms with van der Waals surface area (Å²) in [5.74, 6) is 0.643. The van der Waals surface area contributed by atoms with E-state index in [9.17, 15) is 4.79 Å². The number of nitrogens with zero attached hydrogens (tertiary/aromatic N) is 1. The Balaban J connectivity index is 1.52. The normalized spacial score (nSPS) is 18.3. The molecule has 0 aliphatic carbocycles. The van der Waals surface area contributed by atoms with Crippen LogP contribution in [0.25, 0.3) is 0 Å². The molecule has 2 aromatic rings. The minimum Gasteiger partial charge on any atom is -0.487 e. The van der Waals surface area contributed by atoms with Crippen molar-refractivity contribution in [1.29, 1.82) is 0 Å². The minimum absolute atomic E-state index is 0.0174. The first-order chi connectivity index (χ1) is 11.6. The summed E-state index contributed by atoms with van der Waals surface area (Å²) in [6, 6.07) is 7.19. The predicted octanol–water partition coefficient (Wildman–Crippen LogP) is 3.33. The highest BCUT2D eigenvalue weighted by molar-refractivity contribution is 7.09. The number of carbonyl (C=O) groups excluding carboxylic acids is 1. The third-order valence-electron chi connectivity index (χ3n) is 4.05. The molecule has 0 saturated carbocycles. The van der Waals surface area contributed by atoms with Crippen molar-refractivity contribution in [2.24, 2.45) is 0 Å². The van der Waals surface area contributed by atoms with E-state index < -0.39 is 0 Å². The lowest BCUT2D eigenvalue weighted by Gasteiger charge is -2.20. The zero-order valence-electron chi connectivity index (χ0n) is 14.0. The molecule has 1 aromatic carbocycles. The van der Waals surface area contributed by atoms with Crippen LogP contribution in [0.3, 0.4) is 0 Å². The highest BCUT2D eigenvalue weighted by Crippen LogP contribution is 2.18. The molecule has 1 saturated heterocycles. The Hall–Kier alpha value is -1.92. The van der Waals surface area contributed by atoms with Crippen LogP contribution in [0, 0.1) is 6.92 Å². The number of aromatic nitrogens is 1. The number of nitrogens with one attached hydrogen (secondary N) is 1. The molecule has 0 spiro atoms. The number of amides is 1. The number of ether oxygens (including phenoxy) is 2. The van der Waals surface area contributed by atoms with Crippen LogP contribution in [0.5, 0.6) is 5.75 Å². The van der Waals surface area contributed by atoms with Gasteiger partial charge in [0.2, 0.25) is 0 Å². The van der Waals surface area contributed by atoms with Crippen LogP contribution in [-0.4, -0.2) is 29.6 Å². The van der Waals surface area contributed by atoms with Gasteiger partial charge in [0.05, 0.1) is 22.8 Å². The number of hydrogen-bond donors (Lipinski definition) is 1. The highest BCUT2D eigenvalue weighted by atomic mass is 32.1. The molecule has 0 radical (unpaired) electrons. The second kappa shape index (κ2) is 7.77. The van der Waals surface area contributed by atoms with Crippen LogP contribution in [0.15, 0.2) is 29.6 Å². The molecule has 1 aliphatic rings. The van der Waals surface area contributed by atoms with E-state index in [4.69, 9.17) is 9.47 Å².